The van der Waals surface area contributed by atoms with Crippen molar-refractivity contribution in [1.82, 2.24) is 5.32 Å². The molecule has 154 valence electrons. The molecule has 2 N–H and O–H groups in total. The molecule has 0 radical (unpaired) electrons. The van der Waals surface area contributed by atoms with Crippen LogP contribution in [0.1, 0.15) is 23.2 Å². The molecule has 7 heteroatoms. The van der Waals surface area contributed by atoms with Gasteiger partial charge in [0.2, 0.25) is 5.96 Å². The van der Waals surface area contributed by atoms with E-state index in [-0.39, 0.29) is 12.0 Å². The average molecular weight is 396 g/mol. The van der Waals surface area contributed by atoms with E-state index in [2.05, 4.69) is 15.6 Å². The van der Waals surface area contributed by atoms with Crippen LogP contribution in [-0.2, 0) is 4.74 Å². The normalized spacial score (nSPS) is 16.4. The summed E-state index contributed by atoms with van der Waals surface area (Å²) in [5.74, 6) is 0.935. The number of anilines is 2. The van der Waals surface area contributed by atoms with Gasteiger partial charge in [-0.15, -0.1) is 0 Å². The number of amides is 1. The van der Waals surface area contributed by atoms with Crippen LogP contribution < -0.4 is 20.3 Å². The summed E-state index contributed by atoms with van der Waals surface area (Å²) in [6, 6.07) is 14.9. The first-order valence-electron chi connectivity index (χ1n) is 9.71. The van der Waals surface area contributed by atoms with E-state index in [1.807, 2.05) is 61.5 Å². The Morgan fingerprint density at radius 2 is 2.03 bits per heavy atom. The first-order valence-corrected chi connectivity index (χ1v) is 9.71. The van der Waals surface area contributed by atoms with Gasteiger partial charge in [-0.25, -0.2) is 4.99 Å². The molecule has 1 unspecified atom stereocenters. The van der Waals surface area contributed by atoms with Crippen LogP contribution in [0.5, 0.6) is 5.75 Å². The molecule has 0 bridgehead atoms. The van der Waals surface area contributed by atoms with E-state index < -0.39 is 0 Å². The third kappa shape index (κ3) is 5.96. The Bertz CT molecular complexity index is 843. The van der Waals surface area contributed by atoms with Crippen LogP contribution in [0.15, 0.2) is 53.5 Å². The van der Waals surface area contributed by atoms with Gasteiger partial charge < -0.3 is 19.7 Å². The minimum Gasteiger partial charge on any atom is -0.497 e. The van der Waals surface area contributed by atoms with Crippen molar-refractivity contribution in [3.8, 4) is 5.75 Å². The second-order valence-electron chi connectivity index (χ2n) is 7.08. The van der Waals surface area contributed by atoms with Crippen LogP contribution in [0.2, 0.25) is 0 Å². The van der Waals surface area contributed by atoms with Crippen LogP contribution >= 0.6 is 0 Å². The predicted octanol–water partition coefficient (Wildman–Crippen LogP) is 3.14. The molecule has 2 aromatic rings. The van der Waals surface area contributed by atoms with Crippen molar-refractivity contribution in [3.63, 3.8) is 0 Å². The average Bonchev–Trinajstić information content (AvgIpc) is 3.26. The molecular formula is C22H28N4O3. The number of guanidine groups is 1. The van der Waals surface area contributed by atoms with Crippen molar-refractivity contribution in [2.24, 2.45) is 4.99 Å². The molecule has 0 saturated carbocycles. The van der Waals surface area contributed by atoms with E-state index in [9.17, 15) is 4.79 Å². The third-order valence-corrected chi connectivity index (χ3v) is 4.69. The van der Waals surface area contributed by atoms with E-state index in [1.165, 1.54) is 0 Å². The van der Waals surface area contributed by atoms with Crippen molar-refractivity contribution in [2.75, 3.05) is 44.6 Å². The minimum atomic E-state index is -0.221. The summed E-state index contributed by atoms with van der Waals surface area (Å²) < 4.78 is 10.8. The Kier molecular flexibility index (Phi) is 7.08. The van der Waals surface area contributed by atoms with Crippen LogP contribution in [0.3, 0.4) is 0 Å². The molecule has 1 saturated heterocycles. The molecule has 1 atom stereocenters. The first kappa shape index (κ1) is 20.7. The Balaban J connectivity index is 1.75. The molecule has 1 aliphatic rings. The van der Waals surface area contributed by atoms with Crippen molar-refractivity contribution in [1.29, 1.82) is 0 Å². The number of carbonyl (C=O) groups is 1. The standard InChI is InChI=1S/C22H28N4O3/c1-26(2)18-7-4-6-16(14-18)21(27)25-22(23-15-20-8-5-13-29-20)24-17-9-11-19(28-3)12-10-17/h4,6-7,9-12,14,20H,5,8,13,15H2,1-3H3,(H2,23,24,25,27). The summed E-state index contributed by atoms with van der Waals surface area (Å²) in [5, 5.41) is 6.08. The van der Waals surface area contributed by atoms with Crippen molar-refractivity contribution in [2.45, 2.75) is 18.9 Å². The van der Waals surface area contributed by atoms with Crippen LogP contribution in [0, 0.1) is 0 Å². The smallest absolute Gasteiger partial charge is 0.258 e. The monoisotopic (exact) mass is 396 g/mol. The molecule has 1 amide bonds. The second-order valence-corrected chi connectivity index (χ2v) is 7.08. The van der Waals surface area contributed by atoms with E-state index in [0.29, 0.717) is 18.1 Å². The van der Waals surface area contributed by atoms with Crippen molar-refractivity contribution < 1.29 is 14.3 Å². The molecule has 1 fully saturated rings. The number of hydrogen-bond donors (Lipinski definition) is 2. The van der Waals surface area contributed by atoms with Gasteiger partial charge in [0.1, 0.15) is 5.75 Å². The topological polar surface area (TPSA) is 75.2 Å². The first-order chi connectivity index (χ1) is 14.0. The Morgan fingerprint density at radius 3 is 2.69 bits per heavy atom. The van der Waals surface area contributed by atoms with Gasteiger partial charge in [-0.2, -0.15) is 0 Å². The largest absolute Gasteiger partial charge is 0.497 e. The lowest BCUT2D eigenvalue weighted by atomic mass is 10.2. The molecule has 7 nitrogen and oxygen atoms in total. The lowest BCUT2D eigenvalue weighted by molar-refractivity contribution is 0.0975. The fourth-order valence-corrected chi connectivity index (χ4v) is 3.01. The van der Waals surface area contributed by atoms with E-state index in [4.69, 9.17) is 9.47 Å². The highest BCUT2D eigenvalue weighted by atomic mass is 16.5. The maximum Gasteiger partial charge on any atom is 0.258 e. The lowest BCUT2D eigenvalue weighted by Gasteiger charge is -2.15. The van der Waals surface area contributed by atoms with Gasteiger partial charge >= 0.3 is 0 Å². The van der Waals surface area contributed by atoms with Gasteiger partial charge in [-0.1, -0.05) is 6.07 Å². The van der Waals surface area contributed by atoms with Gasteiger partial charge in [0.15, 0.2) is 0 Å². The van der Waals surface area contributed by atoms with E-state index in [0.717, 1.165) is 36.6 Å². The fraction of sp³-hybridized carbons (Fsp3) is 0.364. The number of methoxy groups -OCH3 is 1. The highest BCUT2D eigenvalue weighted by Gasteiger charge is 2.16. The summed E-state index contributed by atoms with van der Waals surface area (Å²) in [6.45, 7) is 1.27. The Morgan fingerprint density at radius 1 is 1.24 bits per heavy atom. The molecule has 0 spiro atoms. The van der Waals surface area contributed by atoms with Crippen LogP contribution in [0.25, 0.3) is 0 Å². The summed E-state index contributed by atoms with van der Waals surface area (Å²) in [7, 11) is 5.51. The quantitative estimate of drug-likeness (QED) is 0.580. The Labute approximate surface area is 171 Å². The molecular weight excluding hydrogens is 368 g/mol. The van der Waals surface area contributed by atoms with Gasteiger partial charge in [0, 0.05) is 37.6 Å². The van der Waals surface area contributed by atoms with Crippen molar-refractivity contribution in [3.05, 3.63) is 54.1 Å². The zero-order valence-corrected chi connectivity index (χ0v) is 17.1. The third-order valence-electron chi connectivity index (χ3n) is 4.69. The van der Waals surface area contributed by atoms with Gasteiger partial charge in [0.05, 0.1) is 19.8 Å². The zero-order valence-electron chi connectivity index (χ0n) is 17.1. The maximum atomic E-state index is 12.8. The number of ether oxygens (including phenoxy) is 2. The number of hydrogen-bond acceptors (Lipinski definition) is 5. The van der Waals surface area contributed by atoms with Gasteiger partial charge in [-0.3, -0.25) is 10.1 Å². The zero-order chi connectivity index (χ0) is 20.6. The number of carbonyl (C=O) groups excluding carboxylic acids is 1. The number of rotatable bonds is 6. The summed E-state index contributed by atoms with van der Waals surface area (Å²) in [4.78, 5) is 19.3. The molecule has 29 heavy (non-hydrogen) atoms. The summed E-state index contributed by atoms with van der Waals surface area (Å²) >= 11 is 0. The number of aliphatic imine (C=N–C) groups is 1. The molecule has 0 aromatic heterocycles. The summed E-state index contributed by atoms with van der Waals surface area (Å²) in [5.41, 5.74) is 2.33. The molecule has 1 aliphatic heterocycles. The lowest BCUT2D eigenvalue weighted by Crippen LogP contribution is -2.36. The second kappa shape index (κ2) is 9.93. The maximum absolute atomic E-state index is 12.8. The Hall–Kier alpha value is -3.06. The number of nitrogens with zero attached hydrogens (tertiary/aromatic N) is 2. The van der Waals surface area contributed by atoms with Crippen molar-refractivity contribution >= 4 is 23.2 Å². The molecule has 2 aromatic carbocycles. The van der Waals surface area contributed by atoms with E-state index in [1.54, 1.807) is 13.2 Å². The number of nitrogens with one attached hydrogen (secondary N) is 2. The summed E-state index contributed by atoms with van der Waals surface area (Å²) in [6.07, 6.45) is 2.13. The molecule has 3 rings (SSSR count). The highest BCUT2D eigenvalue weighted by molar-refractivity contribution is 6.10. The SMILES string of the molecule is COc1ccc(NC(=NCC2CCCO2)NC(=O)c2cccc(N(C)C)c2)cc1. The van der Waals surface area contributed by atoms with Gasteiger partial charge in [0.25, 0.3) is 5.91 Å². The van der Waals surface area contributed by atoms with E-state index >= 15 is 0 Å². The molecule has 1 heterocycles. The minimum absolute atomic E-state index is 0.0941. The predicted molar refractivity (Wildman–Crippen MR) is 116 cm³/mol. The van der Waals surface area contributed by atoms with Crippen LogP contribution in [0.4, 0.5) is 11.4 Å². The van der Waals surface area contributed by atoms with Crippen LogP contribution in [-0.4, -0.2) is 52.3 Å². The number of benzene rings is 2. The van der Waals surface area contributed by atoms with Gasteiger partial charge in [-0.05, 0) is 55.3 Å². The fourth-order valence-electron chi connectivity index (χ4n) is 3.01. The highest BCUT2D eigenvalue weighted by Crippen LogP contribution is 2.16. The molecule has 0 aliphatic carbocycles.